The molecule has 0 fully saturated rings. The van der Waals surface area contributed by atoms with Gasteiger partial charge in [-0.25, -0.2) is 0 Å². The van der Waals surface area contributed by atoms with Gasteiger partial charge in [0.15, 0.2) is 0 Å². The molecule has 1 rings (SSSR count). The Morgan fingerprint density at radius 3 is 2.26 bits per heavy atom. The first-order valence-corrected chi connectivity index (χ1v) is 7.34. The molecule has 2 atom stereocenters. The average Bonchev–Trinajstić information content (AvgIpc) is 2.41. The maximum Gasteiger partial charge on any atom is 0.0496 e. The molecule has 0 aliphatic heterocycles. The largest absolute Gasteiger partial charge is 0.384 e. The van der Waals surface area contributed by atoms with Crippen molar-refractivity contribution in [1.82, 2.24) is 5.32 Å². The summed E-state index contributed by atoms with van der Waals surface area (Å²) in [4.78, 5) is 0. The van der Waals surface area contributed by atoms with Crippen molar-refractivity contribution in [3.63, 3.8) is 0 Å². The molecule has 0 amide bonds. The molecule has 0 spiro atoms. The number of hydrogen-bond donors (Lipinski definition) is 1. The standard InChI is InChI=1S/C17H29NO/c1-6-17(13-18-14(2)3,15(4)12-19-5)16-10-8-7-9-11-16/h7-11,14-15,18H,6,12-13H2,1-5H3. The van der Waals surface area contributed by atoms with E-state index in [2.05, 4.69) is 63.3 Å². The Bertz CT molecular complexity index is 350. The van der Waals surface area contributed by atoms with Crippen LogP contribution in [0.1, 0.15) is 39.7 Å². The number of hydrogen-bond acceptors (Lipinski definition) is 2. The second-order valence-corrected chi connectivity index (χ2v) is 5.77. The Morgan fingerprint density at radius 1 is 1.16 bits per heavy atom. The fourth-order valence-electron chi connectivity index (χ4n) is 2.80. The molecule has 2 nitrogen and oxygen atoms in total. The van der Waals surface area contributed by atoms with Crippen LogP contribution in [0.3, 0.4) is 0 Å². The molecule has 108 valence electrons. The number of benzene rings is 1. The summed E-state index contributed by atoms with van der Waals surface area (Å²) >= 11 is 0. The molecule has 1 N–H and O–H groups in total. The molecule has 0 aliphatic carbocycles. The van der Waals surface area contributed by atoms with Gasteiger partial charge < -0.3 is 10.1 Å². The first-order valence-electron chi connectivity index (χ1n) is 7.34. The third-order valence-corrected chi connectivity index (χ3v) is 4.17. The Morgan fingerprint density at radius 2 is 1.79 bits per heavy atom. The maximum atomic E-state index is 5.41. The molecular formula is C17H29NO. The average molecular weight is 263 g/mol. The molecule has 0 saturated carbocycles. The summed E-state index contributed by atoms with van der Waals surface area (Å²) in [5, 5.41) is 3.62. The van der Waals surface area contributed by atoms with E-state index < -0.39 is 0 Å². The Kier molecular flexibility index (Phi) is 6.53. The van der Waals surface area contributed by atoms with Crippen LogP contribution in [0.5, 0.6) is 0 Å². The van der Waals surface area contributed by atoms with E-state index in [4.69, 9.17) is 4.74 Å². The van der Waals surface area contributed by atoms with Crippen LogP contribution in [0.4, 0.5) is 0 Å². The molecular weight excluding hydrogens is 234 g/mol. The lowest BCUT2D eigenvalue weighted by Crippen LogP contribution is -2.46. The van der Waals surface area contributed by atoms with Crippen LogP contribution in [-0.2, 0) is 10.2 Å². The van der Waals surface area contributed by atoms with E-state index in [-0.39, 0.29) is 5.41 Å². The van der Waals surface area contributed by atoms with Crippen molar-refractivity contribution >= 4 is 0 Å². The highest BCUT2D eigenvalue weighted by Gasteiger charge is 2.36. The minimum atomic E-state index is 0.140. The van der Waals surface area contributed by atoms with Crippen LogP contribution in [0.2, 0.25) is 0 Å². The van der Waals surface area contributed by atoms with Gasteiger partial charge in [-0.05, 0) is 17.9 Å². The maximum absolute atomic E-state index is 5.41. The molecule has 0 heterocycles. The summed E-state index contributed by atoms with van der Waals surface area (Å²) in [6.07, 6.45) is 1.11. The van der Waals surface area contributed by atoms with Gasteiger partial charge in [-0.1, -0.05) is 58.0 Å². The van der Waals surface area contributed by atoms with Crippen LogP contribution in [-0.4, -0.2) is 26.3 Å². The minimum absolute atomic E-state index is 0.140. The lowest BCUT2D eigenvalue weighted by Gasteiger charge is -2.40. The smallest absolute Gasteiger partial charge is 0.0496 e. The second kappa shape index (κ2) is 7.66. The van der Waals surface area contributed by atoms with Crippen molar-refractivity contribution in [1.29, 1.82) is 0 Å². The third kappa shape index (κ3) is 4.05. The van der Waals surface area contributed by atoms with Gasteiger partial charge in [-0.2, -0.15) is 0 Å². The molecule has 1 aromatic rings. The summed E-state index contributed by atoms with van der Waals surface area (Å²) in [6, 6.07) is 11.4. The highest BCUT2D eigenvalue weighted by Crippen LogP contribution is 2.35. The van der Waals surface area contributed by atoms with Crippen LogP contribution in [0.15, 0.2) is 30.3 Å². The molecule has 0 saturated heterocycles. The van der Waals surface area contributed by atoms with Gasteiger partial charge in [0, 0.05) is 31.7 Å². The van der Waals surface area contributed by atoms with Crippen molar-refractivity contribution < 1.29 is 4.74 Å². The Hall–Kier alpha value is -0.860. The first kappa shape index (κ1) is 16.2. The van der Waals surface area contributed by atoms with Gasteiger partial charge in [0.1, 0.15) is 0 Å². The van der Waals surface area contributed by atoms with Crippen LogP contribution < -0.4 is 5.32 Å². The van der Waals surface area contributed by atoms with Crippen molar-refractivity contribution in [2.75, 3.05) is 20.3 Å². The van der Waals surface area contributed by atoms with E-state index in [0.29, 0.717) is 12.0 Å². The predicted molar refractivity (Wildman–Crippen MR) is 82.6 cm³/mol. The summed E-state index contributed by atoms with van der Waals surface area (Å²) in [5.74, 6) is 0.483. The number of methoxy groups -OCH3 is 1. The Labute approximate surface area is 118 Å². The monoisotopic (exact) mass is 263 g/mol. The quantitative estimate of drug-likeness (QED) is 0.773. The topological polar surface area (TPSA) is 21.3 Å². The van der Waals surface area contributed by atoms with Crippen LogP contribution in [0.25, 0.3) is 0 Å². The van der Waals surface area contributed by atoms with Gasteiger partial charge >= 0.3 is 0 Å². The molecule has 1 aromatic carbocycles. The number of ether oxygens (including phenoxy) is 1. The van der Waals surface area contributed by atoms with Gasteiger partial charge in [0.2, 0.25) is 0 Å². The summed E-state index contributed by atoms with van der Waals surface area (Å²) in [7, 11) is 1.79. The van der Waals surface area contributed by atoms with Gasteiger partial charge in [-0.15, -0.1) is 0 Å². The highest BCUT2D eigenvalue weighted by molar-refractivity contribution is 5.27. The van der Waals surface area contributed by atoms with Crippen molar-refractivity contribution in [3.05, 3.63) is 35.9 Å². The first-order chi connectivity index (χ1) is 9.06. The third-order valence-electron chi connectivity index (χ3n) is 4.17. The molecule has 0 radical (unpaired) electrons. The number of rotatable bonds is 8. The van der Waals surface area contributed by atoms with E-state index in [1.165, 1.54) is 5.56 Å². The van der Waals surface area contributed by atoms with Crippen LogP contribution in [0, 0.1) is 5.92 Å². The fraction of sp³-hybridized carbons (Fsp3) is 0.647. The second-order valence-electron chi connectivity index (χ2n) is 5.77. The van der Waals surface area contributed by atoms with Gasteiger partial charge in [0.25, 0.3) is 0 Å². The van der Waals surface area contributed by atoms with Gasteiger partial charge in [0.05, 0.1) is 0 Å². The van der Waals surface area contributed by atoms with Crippen LogP contribution >= 0.6 is 0 Å². The molecule has 0 aliphatic rings. The molecule has 2 unspecified atom stereocenters. The summed E-state index contributed by atoms with van der Waals surface area (Å²) in [5.41, 5.74) is 1.55. The van der Waals surface area contributed by atoms with E-state index in [0.717, 1.165) is 19.6 Å². The Balaban J connectivity index is 3.05. The summed E-state index contributed by atoms with van der Waals surface area (Å²) in [6.45, 7) is 10.8. The minimum Gasteiger partial charge on any atom is -0.384 e. The zero-order valence-electron chi connectivity index (χ0n) is 13.1. The lowest BCUT2D eigenvalue weighted by molar-refractivity contribution is 0.107. The van der Waals surface area contributed by atoms with Crippen molar-refractivity contribution in [3.8, 4) is 0 Å². The molecule has 0 aromatic heterocycles. The summed E-state index contributed by atoms with van der Waals surface area (Å²) < 4.78 is 5.41. The molecule has 19 heavy (non-hydrogen) atoms. The lowest BCUT2D eigenvalue weighted by atomic mass is 9.69. The molecule has 2 heteroatoms. The van der Waals surface area contributed by atoms with Crippen molar-refractivity contribution in [2.45, 2.75) is 45.6 Å². The normalized spacial score (nSPS) is 16.3. The zero-order valence-corrected chi connectivity index (χ0v) is 13.1. The van der Waals surface area contributed by atoms with E-state index in [1.54, 1.807) is 7.11 Å². The SMILES string of the molecule is CCC(CNC(C)C)(c1ccccc1)C(C)COC. The van der Waals surface area contributed by atoms with E-state index >= 15 is 0 Å². The predicted octanol–water partition coefficient (Wildman–Crippen LogP) is 3.61. The van der Waals surface area contributed by atoms with Gasteiger partial charge in [-0.3, -0.25) is 0 Å². The fourth-order valence-corrected chi connectivity index (χ4v) is 2.80. The highest BCUT2D eigenvalue weighted by atomic mass is 16.5. The molecule has 0 bridgehead atoms. The number of nitrogens with one attached hydrogen (secondary N) is 1. The zero-order chi connectivity index (χ0) is 14.3. The van der Waals surface area contributed by atoms with E-state index in [1.807, 2.05) is 0 Å². The van der Waals surface area contributed by atoms with E-state index in [9.17, 15) is 0 Å². The van der Waals surface area contributed by atoms with Crippen molar-refractivity contribution in [2.24, 2.45) is 5.92 Å².